The summed E-state index contributed by atoms with van der Waals surface area (Å²) in [6.45, 7) is 2.73. The van der Waals surface area contributed by atoms with Crippen molar-refractivity contribution in [2.45, 2.75) is 31.8 Å². The van der Waals surface area contributed by atoms with Crippen molar-refractivity contribution in [2.24, 2.45) is 11.8 Å². The van der Waals surface area contributed by atoms with Crippen molar-refractivity contribution >= 4 is 11.8 Å². The largest absolute Gasteiger partial charge is 0.309 e. The van der Waals surface area contributed by atoms with Gasteiger partial charge < -0.3 is 5.32 Å². The molecule has 3 fully saturated rings. The lowest BCUT2D eigenvalue weighted by Gasteiger charge is -2.51. The van der Waals surface area contributed by atoms with Crippen LogP contribution in [-0.2, 0) is 0 Å². The lowest BCUT2D eigenvalue weighted by atomic mass is 9.66. The van der Waals surface area contributed by atoms with Crippen LogP contribution < -0.4 is 5.32 Å². The van der Waals surface area contributed by atoms with Crippen LogP contribution in [0.4, 0.5) is 0 Å². The van der Waals surface area contributed by atoms with Crippen LogP contribution in [0, 0.1) is 11.8 Å². The molecule has 0 unspecified atom stereocenters. The Labute approximate surface area is 118 Å². The molecule has 2 atom stereocenters. The lowest BCUT2D eigenvalue weighted by Crippen LogP contribution is -2.62. The zero-order chi connectivity index (χ0) is 13.9. The van der Waals surface area contributed by atoms with Gasteiger partial charge in [-0.15, -0.1) is 0 Å². The Morgan fingerprint density at radius 2 is 1.75 bits per heavy atom. The van der Waals surface area contributed by atoms with Crippen LogP contribution in [-0.4, -0.2) is 35.3 Å². The van der Waals surface area contributed by atoms with E-state index >= 15 is 0 Å². The van der Waals surface area contributed by atoms with E-state index in [1.165, 1.54) is 17.7 Å². The Kier molecular flexibility index (Phi) is 2.51. The molecule has 0 aromatic heterocycles. The number of amides is 2. The van der Waals surface area contributed by atoms with Gasteiger partial charge in [0.1, 0.15) is 0 Å². The standard InChI is InChI=1S/C16H18N2O2/c1-9-10-6-11(7-10)17-14(9)8-18-15(19)12-4-2-3-5-13(12)16(18)20/h2-5,9-11,14,17H,6-8H2,1H3/t9-,10?,11?,14+/m0/s1. The molecule has 20 heavy (non-hydrogen) atoms. The maximum atomic E-state index is 12.4. The van der Waals surface area contributed by atoms with Gasteiger partial charge in [0.15, 0.2) is 0 Å². The first kappa shape index (κ1) is 12.1. The van der Waals surface area contributed by atoms with Crippen LogP contribution in [0.25, 0.3) is 0 Å². The average molecular weight is 270 g/mol. The lowest BCUT2D eigenvalue weighted by molar-refractivity contribution is 0.0330. The number of rotatable bonds is 2. The van der Waals surface area contributed by atoms with E-state index in [1.54, 1.807) is 12.1 Å². The van der Waals surface area contributed by atoms with E-state index in [4.69, 9.17) is 0 Å². The molecule has 4 nitrogen and oxygen atoms in total. The highest BCUT2D eigenvalue weighted by molar-refractivity contribution is 6.21. The molecule has 1 aromatic carbocycles. The van der Waals surface area contributed by atoms with E-state index in [1.807, 2.05) is 12.1 Å². The Balaban J connectivity index is 1.56. The molecule has 2 saturated heterocycles. The van der Waals surface area contributed by atoms with Crippen LogP contribution >= 0.6 is 0 Å². The maximum Gasteiger partial charge on any atom is 0.261 e. The summed E-state index contributed by atoms with van der Waals surface area (Å²) in [6, 6.07) is 7.94. The summed E-state index contributed by atoms with van der Waals surface area (Å²) in [4.78, 5) is 26.1. The predicted molar refractivity (Wildman–Crippen MR) is 74.4 cm³/mol. The quantitative estimate of drug-likeness (QED) is 0.832. The van der Waals surface area contributed by atoms with E-state index in [0.29, 0.717) is 29.6 Å². The average Bonchev–Trinajstić information content (AvgIpc) is 2.65. The van der Waals surface area contributed by atoms with Gasteiger partial charge >= 0.3 is 0 Å². The molecule has 104 valence electrons. The van der Waals surface area contributed by atoms with Gasteiger partial charge in [-0.2, -0.15) is 0 Å². The molecule has 3 aliphatic heterocycles. The van der Waals surface area contributed by atoms with Gasteiger partial charge in [-0.1, -0.05) is 19.1 Å². The van der Waals surface area contributed by atoms with E-state index in [0.717, 1.165) is 5.92 Å². The third kappa shape index (κ3) is 1.57. The van der Waals surface area contributed by atoms with Crippen LogP contribution in [0.15, 0.2) is 24.3 Å². The molecule has 1 aromatic rings. The summed E-state index contributed by atoms with van der Waals surface area (Å²) in [5.74, 6) is 1.02. The number of fused-ring (bicyclic) bond motifs is 3. The molecule has 2 amide bonds. The number of piperidine rings is 2. The third-order valence-corrected chi connectivity index (χ3v) is 5.26. The summed E-state index contributed by atoms with van der Waals surface area (Å²) in [7, 11) is 0. The third-order valence-electron chi connectivity index (χ3n) is 5.26. The van der Waals surface area contributed by atoms with Gasteiger partial charge in [0.25, 0.3) is 11.8 Å². The van der Waals surface area contributed by atoms with Crippen molar-refractivity contribution < 1.29 is 9.59 Å². The minimum Gasteiger partial charge on any atom is -0.309 e. The summed E-state index contributed by atoms with van der Waals surface area (Å²) >= 11 is 0. The molecule has 4 aliphatic rings. The second-order valence-corrected chi connectivity index (χ2v) is 6.33. The first-order chi connectivity index (χ1) is 9.65. The predicted octanol–water partition coefficient (Wildman–Crippen LogP) is 1.67. The first-order valence-corrected chi connectivity index (χ1v) is 7.36. The number of benzene rings is 1. The summed E-state index contributed by atoms with van der Waals surface area (Å²) in [5.41, 5.74) is 1.09. The Bertz CT molecular complexity index is 557. The topological polar surface area (TPSA) is 49.4 Å². The van der Waals surface area contributed by atoms with Gasteiger partial charge in [-0.3, -0.25) is 14.5 Å². The van der Waals surface area contributed by atoms with Crippen molar-refractivity contribution in [3.8, 4) is 0 Å². The fraction of sp³-hybridized carbons (Fsp3) is 0.500. The fourth-order valence-corrected chi connectivity index (χ4v) is 3.83. The van der Waals surface area contributed by atoms with E-state index in [2.05, 4.69) is 12.2 Å². The van der Waals surface area contributed by atoms with Gasteiger partial charge in [-0.05, 0) is 36.8 Å². The van der Waals surface area contributed by atoms with Crippen molar-refractivity contribution in [1.82, 2.24) is 10.2 Å². The van der Waals surface area contributed by atoms with Gasteiger partial charge in [0.05, 0.1) is 11.1 Å². The Hall–Kier alpha value is -1.68. The Morgan fingerprint density at radius 1 is 1.15 bits per heavy atom. The van der Waals surface area contributed by atoms with E-state index in [9.17, 15) is 9.59 Å². The highest BCUT2D eigenvalue weighted by Crippen LogP contribution is 2.41. The molecule has 5 rings (SSSR count). The van der Waals surface area contributed by atoms with Crippen LogP contribution in [0.2, 0.25) is 0 Å². The number of nitrogens with zero attached hydrogens (tertiary/aromatic N) is 1. The van der Waals surface area contributed by atoms with Crippen molar-refractivity contribution in [1.29, 1.82) is 0 Å². The van der Waals surface area contributed by atoms with Gasteiger partial charge in [0.2, 0.25) is 0 Å². The smallest absolute Gasteiger partial charge is 0.261 e. The molecule has 3 heterocycles. The molecule has 0 radical (unpaired) electrons. The molecule has 1 saturated carbocycles. The molecule has 1 aliphatic carbocycles. The number of carbonyl (C=O) groups excluding carboxylic acids is 2. The second-order valence-electron chi connectivity index (χ2n) is 6.33. The zero-order valence-corrected chi connectivity index (χ0v) is 11.5. The first-order valence-electron chi connectivity index (χ1n) is 7.36. The van der Waals surface area contributed by atoms with Gasteiger partial charge in [0, 0.05) is 18.6 Å². The van der Waals surface area contributed by atoms with E-state index in [-0.39, 0.29) is 17.9 Å². The number of nitrogens with one attached hydrogen (secondary N) is 1. The molecular formula is C16H18N2O2. The fourth-order valence-electron chi connectivity index (χ4n) is 3.83. The van der Waals surface area contributed by atoms with Crippen LogP contribution in [0.1, 0.15) is 40.5 Å². The highest BCUT2D eigenvalue weighted by atomic mass is 16.2. The monoisotopic (exact) mass is 270 g/mol. The molecule has 2 bridgehead atoms. The number of imide groups is 1. The van der Waals surface area contributed by atoms with Crippen molar-refractivity contribution in [2.75, 3.05) is 6.54 Å². The maximum absolute atomic E-state index is 12.4. The minimum atomic E-state index is -0.140. The van der Waals surface area contributed by atoms with Crippen LogP contribution in [0.3, 0.4) is 0 Å². The van der Waals surface area contributed by atoms with Crippen molar-refractivity contribution in [3.63, 3.8) is 0 Å². The van der Waals surface area contributed by atoms with Crippen LogP contribution in [0.5, 0.6) is 0 Å². The number of hydrogen-bond donors (Lipinski definition) is 1. The van der Waals surface area contributed by atoms with Crippen molar-refractivity contribution in [3.05, 3.63) is 35.4 Å². The number of hydrogen-bond acceptors (Lipinski definition) is 3. The normalized spacial score (nSPS) is 35.0. The van der Waals surface area contributed by atoms with E-state index < -0.39 is 0 Å². The zero-order valence-electron chi connectivity index (χ0n) is 11.5. The molecule has 0 spiro atoms. The molecule has 1 N–H and O–H groups in total. The molecule has 4 heteroatoms. The summed E-state index contributed by atoms with van der Waals surface area (Å²) in [6.07, 6.45) is 2.50. The second kappa shape index (κ2) is 4.16. The number of carbonyl (C=O) groups is 2. The minimum absolute atomic E-state index is 0.140. The Morgan fingerprint density at radius 3 is 2.30 bits per heavy atom. The summed E-state index contributed by atoms with van der Waals surface area (Å²) < 4.78 is 0. The highest BCUT2D eigenvalue weighted by Gasteiger charge is 2.45. The SMILES string of the molecule is C[C@H]1C2CC(C2)N[C@@H]1CN1C(=O)c2ccccc2C1=O. The van der Waals surface area contributed by atoms with Gasteiger partial charge in [-0.25, -0.2) is 0 Å². The summed E-state index contributed by atoms with van der Waals surface area (Å²) in [5, 5.41) is 3.58. The molecular weight excluding hydrogens is 252 g/mol.